The largest absolute Gasteiger partial charge is 0.396 e. The molecule has 0 heterocycles. The molecule has 2 atom stereocenters. The third kappa shape index (κ3) is 4.86. The van der Waals surface area contributed by atoms with Gasteiger partial charge in [0.2, 0.25) is 0 Å². The number of hydrogen-bond donors (Lipinski definition) is 3. The molecule has 3 heteroatoms. The van der Waals surface area contributed by atoms with Crippen molar-refractivity contribution in [2.45, 2.75) is 32.3 Å². The first-order valence-corrected chi connectivity index (χ1v) is 6.23. The van der Waals surface area contributed by atoms with Gasteiger partial charge in [-0.2, -0.15) is 0 Å². The lowest BCUT2D eigenvalue weighted by atomic mass is 9.93. The second kappa shape index (κ2) is 7.43. The minimum Gasteiger partial charge on any atom is -0.396 e. The second-order valence-electron chi connectivity index (χ2n) is 4.64. The maximum Gasteiger partial charge on any atom is 0.0793 e. The summed E-state index contributed by atoms with van der Waals surface area (Å²) in [7, 11) is 0. The van der Waals surface area contributed by atoms with E-state index in [9.17, 15) is 10.2 Å². The molecule has 0 aliphatic carbocycles. The zero-order valence-corrected chi connectivity index (χ0v) is 10.5. The fraction of sp³-hybridized carbons (Fsp3) is 0.571. The average Bonchev–Trinajstić information content (AvgIpc) is 2.35. The van der Waals surface area contributed by atoms with Crippen LogP contribution < -0.4 is 5.73 Å². The lowest BCUT2D eigenvalue weighted by Gasteiger charge is -2.18. The molecule has 2 unspecified atom stereocenters. The first kappa shape index (κ1) is 14.2. The number of aliphatic hydroxyl groups is 2. The van der Waals surface area contributed by atoms with E-state index in [0.717, 1.165) is 18.4 Å². The van der Waals surface area contributed by atoms with Crippen LogP contribution in [0, 0.1) is 12.8 Å². The molecule has 0 radical (unpaired) electrons. The van der Waals surface area contributed by atoms with Crippen molar-refractivity contribution in [2.75, 3.05) is 13.2 Å². The van der Waals surface area contributed by atoms with Gasteiger partial charge in [-0.1, -0.05) is 29.8 Å². The third-order valence-corrected chi connectivity index (χ3v) is 3.09. The van der Waals surface area contributed by atoms with Gasteiger partial charge in [0.1, 0.15) is 0 Å². The van der Waals surface area contributed by atoms with Crippen molar-refractivity contribution in [3.8, 4) is 0 Å². The zero-order valence-electron chi connectivity index (χ0n) is 10.5. The van der Waals surface area contributed by atoms with Crippen molar-refractivity contribution in [3.05, 3.63) is 35.4 Å². The Morgan fingerprint density at radius 2 is 1.88 bits per heavy atom. The fourth-order valence-corrected chi connectivity index (χ4v) is 1.93. The van der Waals surface area contributed by atoms with E-state index in [-0.39, 0.29) is 12.5 Å². The van der Waals surface area contributed by atoms with Crippen LogP contribution in [0.4, 0.5) is 0 Å². The summed E-state index contributed by atoms with van der Waals surface area (Å²) in [4.78, 5) is 0. The molecule has 1 rings (SSSR count). The van der Waals surface area contributed by atoms with E-state index >= 15 is 0 Å². The van der Waals surface area contributed by atoms with Gasteiger partial charge in [-0.05, 0) is 44.2 Å². The third-order valence-electron chi connectivity index (χ3n) is 3.09. The second-order valence-corrected chi connectivity index (χ2v) is 4.64. The molecule has 1 aromatic rings. The van der Waals surface area contributed by atoms with Gasteiger partial charge < -0.3 is 15.9 Å². The Bertz CT molecular complexity index is 311. The Hall–Kier alpha value is -0.900. The van der Waals surface area contributed by atoms with Crippen LogP contribution in [0.15, 0.2) is 24.3 Å². The van der Waals surface area contributed by atoms with Crippen LogP contribution in [0.1, 0.15) is 36.5 Å². The topological polar surface area (TPSA) is 66.5 Å². The van der Waals surface area contributed by atoms with Crippen LogP contribution in [0.5, 0.6) is 0 Å². The van der Waals surface area contributed by atoms with E-state index in [4.69, 9.17) is 5.73 Å². The van der Waals surface area contributed by atoms with E-state index in [1.165, 1.54) is 5.56 Å². The predicted octanol–water partition coefficient (Wildman–Crippen LogP) is 1.77. The standard InChI is InChI=1S/C14H23NO2/c1-11-4-6-13(7-5-11)14(17)9-12(10-16)3-2-8-15/h4-7,12,14,16-17H,2-3,8-10,15H2,1H3. The van der Waals surface area contributed by atoms with Gasteiger partial charge in [-0.25, -0.2) is 0 Å². The Morgan fingerprint density at radius 1 is 1.24 bits per heavy atom. The van der Waals surface area contributed by atoms with Gasteiger partial charge in [0, 0.05) is 6.61 Å². The first-order valence-electron chi connectivity index (χ1n) is 6.23. The Kier molecular flexibility index (Phi) is 6.19. The predicted molar refractivity (Wildman–Crippen MR) is 69.6 cm³/mol. The molecule has 0 aliphatic heterocycles. The van der Waals surface area contributed by atoms with E-state index in [0.29, 0.717) is 13.0 Å². The summed E-state index contributed by atoms with van der Waals surface area (Å²) in [5.41, 5.74) is 7.55. The molecule has 0 aliphatic rings. The van der Waals surface area contributed by atoms with Crippen molar-refractivity contribution in [3.63, 3.8) is 0 Å². The number of rotatable bonds is 7. The number of benzene rings is 1. The SMILES string of the molecule is Cc1ccc(C(O)CC(CO)CCCN)cc1. The highest BCUT2D eigenvalue weighted by Gasteiger charge is 2.14. The highest BCUT2D eigenvalue weighted by atomic mass is 16.3. The lowest BCUT2D eigenvalue weighted by Crippen LogP contribution is -2.13. The summed E-state index contributed by atoms with van der Waals surface area (Å²) < 4.78 is 0. The Morgan fingerprint density at radius 3 is 2.41 bits per heavy atom. The molecule has 0 bridgehead atoms. The van der Waals surface area contributed by atoms with Crippen LogP contribution in [0.25, 0.3) is 0 Å². The van der Waals surface area contributed by atoms with Crippen molar-refractivity contribution in [1.82, 2.24) is 0 Å². The summed E-state index contributed by atoms with van der Waals surface area (Å²) >= 11 is 0. The average molecular weight is 237 g/mol. The molecule has 4 N–H and O–H groups in total. The van der Waals surface area contributed by atoms with Gasteiger partial charge in [0.05, 0.1) is 6.10 Å². The minimum absolute atomic E-state index is 0.114. The number of hydrogen-bond acceptors (Lipinski definition) is 3. The monoisotopic (exact) mass is 237 g/mol. The number of aryl methyl sites for hydroxylation is 1. The van der Waals surface area contributed by atoms with Crippen LogP contribution in [-0.2, 0) is 0 Å². The molecular formula is C14H23NO2. The van der Waals surface area contributed by atoms with Crippen molar-refractivity contribution in [1.29, 1.82) is 0 Å². The molecular weight excluding hydrogens is 214 g/mol. The molecule has 1 aromatic carbocycles. The highest BCUT2D eigenvalue weighted by molar-refractivity contribution is 5.23. The molecule has 3 nitrogen and oxygen atoms in total. The van der Waals surface area contributed by atoms with Gasteiger partial charge in [-0.3, -0.25) is 0 Å². The zero-order chi connectivity index (χ0) is 12.7. The Balaban J connectivity index is 2.51. The maximum atomic E-state index is 10.1. The summed E-state index contributed by atoms with van der Waals surface area (Å²) in [5.74, 6) is 0.134. The van der Waals surface area contributed by atoms with Crippen molar-refractivity contribution in [2.24, 2.45) is 11.7 Å². The van der Waals surface area contributed by atoms with Gasteiger partial charge in [-0.15, -0.1) is 0 Å². The van der Waals surface area contributed by atoms with E-state index in [1.807, 2.05) is 31.2 Å². The molecule has 17 heavy (non-hydrogen) atoms. The summed E-state index contributed by atoms with van der Waals surface area (Å²) in [6.07, 6.45) is 1.87. The van der Waals surface area contributed by atoms with Crippen LogP contribution in [-0.4, -0.2) is 23.4 Å². The minimum atomic E-state index is -0.495. The van der Waals surface area contributed by atoms with Gasteiger partial charge in [0.25, 0.3) is 0 Å². The summed E-state index contributed by atoms with van der Waals surface area (Å²) in [5, 5.41) is 19.3. The molecule has 0 saturated heterocycles. The molecule has 0 fully saturated rings. The van der Waals surface area contributed by atoms with Crippen LogP contribution >= 0.6 is 0 Å². The van der Waals surface area contributed by atoms with Gasteiger partial charge in [0.15, 0.2) is 0 Å². The smallest absolute Gasteiger partial charge is 0.0793 e. The van der Waals surface area contributed by atoms with Gasteiger partial charge >= 0.3 is 0 Å². The Labute approximate surface area is 103 Å². The quantitative estimate of drug-likeness (QED) is 0.677. The molecule has 0 saturated carbocycles. The summed E-state index contributed by atoms with van der Waals surface area (Å²) in [6, 6.07) is 7.87. The van der Waals surface area contributed by atoms with E-state index in [2.05, 4.69) is 0 Å². The number of nitrogens with two attached hydrogens (primary N) is 1. The van der Waals surface area contributed by atoms with Crippen LogP contribution in [0.3, 0.4) is 0 Å². The highest BCUT2D eigenvalue weighted by Crippen LogP contribution is 2.23. The normalized spacial score (nSPS) is 14.6. The maximum absolute atomic E-state index is 10.1. The molecule has 0 spiro atoms. The molecule has 96 valence electrons. The first-order chi connectivity index (χ1) is 8.17. The molecule has 0 aromatic heterocycles. The van der Waals surface area contributed by atoms with Crippen LogP contribution in [0.2, 0.25) is 0 Å². The number of aliphatic hydroxyl groups excluding tert-OH is 2. The van der Waals surface area contributed by atoms with Crippen molar-refractivity contribution < 1.29 is 10.2 Å². The fourth-order valence-electron chi connectivity index (χ4n) is 1.93. The van der Waals surface area contributed by atoms with Crippen molar-refractivity contribution >= 4 is 0 Å². The van der Waals surface area contributed by atoms with E-state index < -0.39 is 6.10 Å². The van der Waals surface area contributed by atoms with E-state index in [1.54, 1.807) is 0 Å². The summed E-state index contributed by atoms with van der Waals surface area (Å²) in [6.45, 7) is 2.77. The molecule has 0 amide bonds. The lowest BCUT2D eigenvalue weighted by molar-refractivity contribution is 0.112.